The monoisotopic (exact) mass is 292 g/mol. The van der Waals surface area contributed by atoms with E-state index in [1.54, 1.807) is 18.4 Å². The first kappa shape index (κ1) is 15.1. The first-order valence-electron chi connectivity index (χ1n) is 6.78. The molecular weight excluding hydrogens is 272 g/mol. The highest BCUT2D eigenvalue weighted by atomic mass is 16.3. The minimum atomic E-state index is -0.192. The quantitative estimate of drug-likeness (QED) is 0.682. The van der Waals surface area contributed by atoms with E-state index in [4.69, 9.17) is 10.2 Å². The maximum Gasteiger partial charge on any atom is 0.241 e. The summed E-state index contributed by atoms with van der Waals surface area (Å²) < 4.78 is 6.68. The number of nitrogens with two attached hydrogens (primary N) is 1. The number of carbonyl (C=O) groups is 1. The highest BCUT2D eigenvalue weighted by molar-refractivity contribution is 5.76. The van der Waals surface area contributed by atoms with E-state index in [0.29, 0.717) is 18.8 Å². The SMILES string of the molecule is Cc1cc(N)n(CC(=O)NCC(CO)Cc2ccco2)n1. The van der Waals surface area contributed by atoms with Crippen LogP contribution in [-0.2, 0) is 17.8 Å². The second-order valence-electron chi connectivity index (χ2n) is 5.00. The number of anilines is 1. The maximum absolute atomic E-state index is 11.9. The van der Waals surface area contributed by atoms with Gasteiger partial charge in [-0.15, -0.1) is 0 Å². The third-order valence-electron chi connectivity index (χ3n) is 3.14. The number of carbonyl (C=O) groups excluding carboxylic acids is 1. The van der Waals surface area contributed by atoms with Gasteiger partial charge in [0.25, 0.3) is 0 Å². The molecule has 0 aromatic carbocycles. The molecule has 1 amide bonds. The van der Waals surface area contributed by atoms with E-state index in [2.05, 4.69) is 10.4 Å². The third kappa shape index (κ3) is 4.35. The molecule has 0 radical (unpaired) electrons. The van der Waals surface area contributed by atoms with E-state index in [0.717, 1.165) is 11.5 Å². The number of nitrogens with one attached hydrogen (secondary N) is 1. The Morgan fingerprint density at radius 1 is 1.62 bits per heavy atom. The van der Waals surface area contributed by atoms with E-state index in [1.807, 2.05) is 13.0 Å². The van der Waals surface area contributed by atoms with Gasteiger partial charge >= 0.3 is 0 Å². The van der Waals surface area contributed by atoms with Crippen LogP contribution in [0.3, 0.4) is 0 Å². The van der Waals surface area contributed by atoms with E-state index < -0.39 is 0 Å². The summed E-state index contributed by atoms with van der Waals surface area (Å²) in [5.74, 6) is 0.965. The van der Waals surface area contributed by atoms with Gasteiger partial charge in [-0.05, 0) is 19.1 Å². The van der Waals surface area contributed by atoms with Gasteiger partial charge in [0.15, 0.2) is 0 Å². The zero-order valence-electron chi connectivity index (χ0n) is 12.0. The van der Waals surface area contributed by atoms with Gasteiger partial charge in [0, 0.05) is 31.6 Å². The Morgan fingerprint density at radius 2 is 2.43 bits per heavy atom. The third-order valence-corrected chi connectivity index (χ3v) is 3.14. The molecule has 114 valence electrons. The minimum absolute atomic E-state index is 0.0238. The van der Waals surface area contributed by atoms with Crippen molar-refractivity contribution in [3.63, 3.8) is 0 Å². The Balaban J connectivity index is 1.80. The van der Waals surface area contributed by atoms with Crippen molar-refractivity contribution in [1.29, 1.82) is 0 Å². The van der Waals surface area contributed by atoms with Crippen molar-refractivity contribution >= 4 is 11.7 Å². The molecule has 2 aromatic rings. The van der Waals surface area contributed by atoms with Crippen LogP contribution in [0.2, 0.25) is 0 Å². The average molecular weight is 292 g/mol. The second-order valence-corrected chi connectivity index (χ2v) is 5.00. The van der Waals surface area contributed by atoms with Crippen molar-refractivity contribution in [3.05, 3.63) is 35.9 Å². The molecule has 0 saturated heterocycles. The number of rotatable bonds is 7. The first-order chi connectivity index (χ1) is 10.1. The highest BCUT2D eigenvalue weighted by Crippen LogP contribution is 2.09. The Labute approximate surface area is 122 Å². The number of furan rings is 1. The van der Waals surface area contributed by atoms with Gasteiger partial charge in [0.2, 0.25) is 5.91 Å². The molecule has 2 rings (SSSR count). The smallest absolute Gasteiger partial charge is 0.241 e. The van der Waals surface area contributed by atoms with Gasteiger partial charge in [-0.1, -0.05) is 0 Å². The lowest BCUT2D eigenvalue weighted by atomic mass is 10.1. The number of nitrogen functional groups attached to an aromatic ring is 1. The molecule has 7 heteroatoms. The van der Waals surface area contributed by atoms with Crippen molar-refractivity contribution in [2.24, 2.45) is 5.92 Å². The molecule has 0 aliphatic carbocycles. The largest absolute Gasteiger partial charge is 0.469 e. The first-order valence-corrected chi connectivity index (χ1v) is 6.78. The average Bonchev–Trinajstić information content (AvgIpc) is 3.05. The van der Waals surface area contributed by atoms with Crippen molar-refractivity contribution in [1.82, 2.24) is 15.1 Å². The standard InChI is InChI=1S/C14H20N4O3/c1-10-5-13(15)18(17-10)8-14(20)16-7-11(9-19)6-12-3-2-4-21-12/h2-5,11,19H,6-9,15H2,1H3,(H,16,20). The van der Waals surface area contributed by atoms with Gasteiger partial charge < -0.3 is 20.6 Å². The summed E-state index contributed by atoms with van der Waals surface area (Å²) in [6.07, 6.45) is 2.16. The number of hydrogen-bond acceptors (Lipinski definition) is 5. The number of aliphatic hydroxyl groups is 1. The fourth-order valence-corrected chi connectivity index (χ4v) is 2.06. The normalized spacial score (nSPS) is 12.3. The van der Waals surface area contributed by atoms with Crippen LogP contribution in [0.1, 0.15) is 11.5 Å². The Bertz CT molecular complexity index is 577. The van der Waals surface area contributed by atoms with Crippen molar-refractivity contribution in [2.45, 2.75) is 19.9 Å². The molecule has 21 heavy (non-hydrogen) atoms. The summed E-state index contributed by atoms with van der Waals surface area (Å²) in [7, 11) is 0. The van der Waals surface area contributed by atoms with Gasteiger partial charge in [-0.3, -0.25) is 4.79 Å². The summed E-state index contributed by atoms with van der Waals surface area (Å²) >= 11 is 0. The van der Waals surface area contributed by atoms with Gasteiger partial charge in [-0.2, -0.15) is 5.10 Å². The van der Waals surface area contributed by atoms with Crippen LogP contribution < -0.4 is 11.1 Å². The van der Waals surface area contributed by atoms with Crippen LogP contribution in [0, 0.1) is 12.8 Å². The van der Waals surface area contributed by atoms with Crippen LogP contribution in [-0.4, -0.2) is 33.9 Å². The zero-order chi connectivity index (χ0) is 15.2. The van der Waals surface area contributed by atoms with Crippen LogP contribution >= 0.6 is 0 Å². The number of hydrogen-bond donors (Lipinski definition) is 3. The predicted molar refractivity (Wildman–Crippen MR) is 77.4 cm³/mol. The number of aromatic nitrogens is 2. The molecule has 2 heterocycles. The van der Waals surface area contributed by atoms with E-state index in [-0.39, 0.29) is 25.0 Å². The van der Waals surface area contributed by atoms with Crippen LogP contribution in [0.25, 0.3) is 0 Å². The fourth-order valence-electron chi connectivity index (χ4n) is 2.06. The topological polar surface area (TPSA) is 106 Å². The second kappa shape index (κ2) is 6.94. The molecule has 0 fully saturated rings. The molecule has 1 atom stereocenters. The molecule has 0 saturated carbocycles. The lowest BCUT2D eigenvalue weighted by Gasteiger charge is -2.14. The summed E-state index contributed by atoms with van der Waals surface area (Å²) in [4.78, 5) is 11.9. The number of aliphatic hydroxyl groups excluding tert-OH is 1. The van der Waals surface area contributed by atoms with Crippen LogP contribution in [0.15, 0.2) is 28.9 Å². The molecule has 2 aromatic heterocycles. The van der Waals surface area contributed by atoms with Crippen molar-refractivity contribution in [2.75, 3.05) is 18.9 Å². The van der Waals surface area contributed by atoms with E-state index >= 15 is 0 Å². The molecule has 0 bridgehead atoms. The molecule has 0 aliphatic rings. The predicted octanol–water partition coefficient (Wildman–Crippen LogP) is 0.334. The van der Waals surface area contributed by atoms with Gasteiger partial charge in [-0.25, -0.2) is 4.68 Å². The number of amides is 1. The van der Waals surface area contributed by atoms with Crippen LogP contribution in [0.5, 0.6) is 0 Å². The van der Waals surface area contributed by atoms with Gasteiger partial charge in [0.1, 0.15) is 18.1 Å². The zero-order valence-corrected chi connectivity index (χ0v) is 12.0. The summed E-state index contributed by atoms with van der Waals surface area (Å²) in [5.41, 5.74) is 6.50. The van der Waals surface area contributed by atoms with E-state index in [9.17, 15) is 9.90 Å². The van der Waals surface area contributed by atoms with Gasteiger partial charge in [0.05, 0.1) is 12.0 Å². The van der Waals surface area contributed by atoms with Crippen LogP contribution in [0.4, 0.5) is 5.82 Å². The van der Waals surface area contributed by atoms with Crippen molar-refractivity contribution in [3.8, 4) is 0 Å². The molecular formula is C14H20N4O3. The lowest BCUT2D eigenvalue weighted by molar-refractivity contribution is -0.122. The fraction of sp³-hybridized carbons (Fsp3) is 0.429. The molecule has 0 aliphatic heterocycles. The minimum Gasteiger partial charge on any atom is -0.469 e. The Hall–Kier alpha value is -2.28. The molecule has 7 nitrogen and oxygen atoms in total. The molecule has 0 spiro atoms. The van der Waals surface area contributed by atoms with E-state index in [1.165, 1.54) is 4.68 Å². The Kier molecular flexibility index (Phi) is 4.99. The summed E-state index contributed by atoms with van der Waals surface area (Å²) in [6.45, 7) is 2.23. The summed E-state index contributed by atoms with van der Waals surface area (Å²) in [6, 6.07) is 5.35. The lowest BCUT2D eigenvalue weighted by Crippen LogP contribution is -2.34. The number of aryl methyl sites for hydroxylation is 1. The molecule has 4 N–H and O–H groups in total. The Morgan fingerprint density at radius 3 is 3.00 bits per heavy atom. The summed E-state index contributed by atoms with van der Waals surface area (Å²) in [5, 5.41) is 16.2. The maximum atomic E-state index is 11.9. The molecule has 1 unspecified atom stereocenters. The number of nitrogens with zero attached hydrogens (tertiary/aromatic N) is 2. The van der Waals surface area contributed by atoms with Crippen molar-refractivity contribution < 1.29 is 14.3 Å². The highest BCUT2D eigenvalue weighted by Gasteiger charge is 2.13.